The fourth-order valence-corrected chi connectivity index (χ4v) is 4.02. The molecule has 4 nitrogen and oxygen atoms in total. The lowest BCUT2D eigenvalue weighted by Crippen LogP contribution is -2.37. The van der Waals surface area contributed by atoms with Crippen LogP contribution in [-0.2, 0) is 10.1 Å². The Morgan fingerprint density at radius 3 is 1.95 bits per heavy atom. The van der Waals surface area contributed by atoms with Crippen molar-refractivity contribution in [3.05, 3.63) is 30.3 Å². The summed E-state index contributed by atoms with van der Waals surface area (Å²) in [6.45, 7) is 2.90. The molecule has 1 saturated heterocycles. The molecule has 0 amide bonds. The minimum atomic E-state index is -4.25. The molecule has 20 heavy (non-hydrogen) atoms. The third kappa shape index (κ3) is 4.04. The topological polar surface area (TPSA) is 57.2 Å². The first kappa shape index (κ1) is 15.5. The van der Waals surface area contributed by atoms with Crippen LogP contribution in [0, 0.1) is 11.8 Å². The lowest BCUT2D eigenvalue weighted by Gasteiger charge is -2.24. The van der Waals surface area contributed by atoms with Gasteiger partial charge in [-0.2, -0.15) is 0 Å². The summed E-state index contributed by atoms with van der Waals surface area (Å²) in [4.78, 5) is -0.185. The number of rotatable bonds is 1. The first-order valence-electron chi connectivity index (χ1n) is 7.11. The van der Waals surface area contributed by atoms with Crippen LogP contribution in [0.3, 0.4) is 0 Å². The molecule has 2 atom stereocenters. The second kappa shape index (κ2) is 5.84. The molecule has 3 rings (SSSR count). The molecule has 2 unspecified atom stereocenters. The molecule has 1 heterocycles. The zero-order valence-electron chi connectivity index (χ0n) is 12.2. The standard InChI is InChI=1S/C9H18N.C6H6O3S/c1-10(2)6-8-4-3-5-9(8)7-10;7-10(8,9)6-4-2-1-3-5-6/h8-9H,3-7H2,1-2H3;1-5H,(H,7,8,9)/q+1;/p-1. The van der Waals surface area contributed by atoms with Crippen LogP contribution in [0.1, 0.15) is 19.3 Å². The molecule has 112 valence electrons. The van der Waals surface area contributed by atoms with E-state index < -0.39 is 10.1 Å². The maximum atomic E-state index is 10.3. The van der Waals surface area contributed by atoms with Crippen LogP contribution in [0.4, 0.5) is 0 Å². The van der Waals surface area contributed by atoms with Gasteiger partial charge in [-0.1, -0.05) is 24.6 Å². The quantitative estimate of drug-likeness (QED) is 0.589. The molecule has 1 aromatic carbocycles. The highest BCUT2D eigenvalue weighted by Crippen LogP contribution is 2.39. The number of hydrogen-bond donors (Lipinski definition) is 0. The third-order valence-electron chi connectivity index (χ3n) is 4.31. The zero-order valence-corrected chi connectivity index (χ0v) is 13.0. The van der Waals surface area contributed by atoms with E-state index in [0.29, 0.717) is 0 Å². The minimum Gasteiger partial charge on any atom is -0.744 e. The highest BCUT2D eigenvalue weighted by Gasteiger charge is 2.42. The van der Waals surface area contributed by atoms with E-state index in [-0.39, 0.29) is 4.90 Å². The predicted octanol–water partition coefficient (Wildman–Crippen LogP) is 2.08. The highest BCUT2D eigenvalue weighted by molar-refractivity contribution is 7.85. The number of quaternary nitrogens is 1. The van der Waals surface area contributed by atoms with Crippen LogP contribution in [0.2, 0.25) is 0 Å². The molecule has 1 aromatic rings. The smallest absolute Gasteiger partial charge is 0.124 e. The van der Waals surface area contributed by atoms with Gasteiger partial charge in [0.05, 0.1) is 32.1 Å². The van der Waals surface area contributed by atoms with Crippen molar-refractivity contribution in [3.63, 3.8) is 0 Å². The van der Waals surface area contributed by atoms with Gasteiger partial charge < -0.3 is 9.04 Å². The molecule has 1 saturated carbocycles. The van der Waals surface area contributed by atoms with Gasteiger partial charge in [-0.25, -0.2) is 8.42 Å². The first-order chi connectivity index (χ1) is 9.28. The molecule has 1 aliphatic heterocycles. The van der Waals surface area contributed by atoms with Crippen molar-refractivity contribution in [2.45, 2.75) is 24.2 Å². The Bertz CT molecular complexity index is 525. The maximum absolute atomic E-state index is 10.3. The summed E-state index contributed by atoms with van der Waals surface area (Å²) in [6, 6.07) is 7.19. The van der Waals surface area contributed by atoms with Crippen molar-refractivity contribution in [1.82, 2.24) is 0 Å². The van der Waals surface area contributed by atoms with Crippen LogP contribution in [0.25, 0.3) is 0 Å². The van der Waals surface area contributed by atoms with Crippen LogP contribution in [-0.4, -0.2) is 44.6 Å². The van der Waals surface area contributed by atoms with Crippen molar-refractivity contribution in [1.29, 1.82) is 0 Å². The van der Waals surface area contributed by atoms with Gasteiger partial charge in [0.15, 0.2) is 0 Å². The molecule has 0 radical (unpaired) electrons. The van der Waals surface area contributed by atoms with Crippen LogP contribution in [0.15, 0.2) is 35.2 Å². The summed E-state index contributed by atoms with van der Waals surface area (Å²) >= 11 is 0. The molecule has 2 aliphatic rings. The van der Waals surface area contributed by atoms with Gasteiger partial charge in [-0.3, -0.25) is 0 Å². The largest absolute Gasteiger partial charge is 0.744 e. The fourth-order valence-electron chi connectivity index (χ4n) is 3.53. The van der Waals surface area contributed by atoms with E-state index in [1.807, 2.05) is 0 Å². The van der Waals surface area contributed by atoms with E-state index in [0.717, 1.165) is 11.8 Å². The number of benzene rings is 1. The predicted molar refractivity (Wildman–Crippen MR) is 77.1 cm³/mol. The fraction of sp³-hybridized carbons (Fsp3) is 0.600. The van der Waals surface area contributed by atoms with E-state index in [1.165, 1.54) is 61.1 Å². The average Bonchev–Trinajstić information content (AvgIpc) is 2.86. The van der Waals surface area contributed by atoms with Gasteiger partial charge in [0.1, 0.15) is 10.1 Å². The lowest BCUT2D eigenvalue weighted by atomic mass is 10.0. The summed E-state index contributed by atoms with van der Waals surface area (Å²) in [5, 5.41) is 0. The summed E-state index contributed by atoms with van der Waals surface area (Å²) in [6.07, 6.45) is 4.55. The van der Waals surface area contributed by atoms with Gasteiger partial charge in [0.25, 0.3) is 0 Å². The molecule has 0 bridgehead atoms. The minimum absolute atomic E-state index is 0.185. The molecule has 0 spiro atoms. The van der Waals surface area contributed by atoms with E-state index >= 15 is 0 Å². The van der Waals surface area contributed by atoms with Crippen molar-refractivity contribution in [3.8, 4) is 0 Å². The van der Waals surface area contributed by atoms with Gasteiger partial charge in [-0.15, -0.1) is 0 Å². The van der Waals surface area contributed by atoms with E-state index in [4.69, 9.17) is 0 Å². The third-order valence-corrected chi connectivity index (χ3v) is 5.16. The average molecular weight is 297 g/mol. The molecule has 2 fully saturated rings. The van der Waals surface area contributed by atoms with Crippen molar-refractivity contribution in [2.75, 3.05) is 27.2 Å². The Kier molecular flexibility index (Phi) is 4.52. The Labute approximate surface area is 121 Å². The number of fused-ring (bicyclic) bond motifs is 1. The van der Waals surface area contributed by atoms with Crippen molar-refractivity contribution >= 4 is 10.1 Å². The molecular weight excluding hydrogens is 274 g/mol. The van der Waals surface area contributed by atoms with Crippen LogP contribution in [0.5, 0.6) is 0 Å². The lowest BCUT2D eigenvalue weighted by molar-refractivity contribution is -0.881. The van der Waals surface area contributed by atoms with Crippen molar-refractivity contribution < 1.29 is 17.5 Å². The first-order valence-corrected chi connectivity index (χ1v) is 8.52. The number of hydrogen-bond acceptors (Lipinski definition) is 3. The summed E-state index contributed by atoms with van der Waals surface area (Å²) < 4.78 is 32.1. The van der Waals surface area contributed by atoms with E-state index in [9.17, 15) is 13.0 Å². The second-order valence-corrected chi connectivity index (χ2v) is 7.90. The van der Waals surface area contributed by atoms with Crippen molar-refractivity contribution in [2.24, 2.45) is 11.8 Å². The van der Waals surface area contributed by atoms with Gasteiger partial charge in [-0.05, 0) is 25.0 Å². The van der Waals surface area contributed by atoms with E-state index in [2.05, 4.69) is 14.1 Å². The molecule has 0 aromatic heterocycles. The van der Waals surface area contributed by atoms with Gasteiger partial charge in [0, 0.05) is 11.8 Å². The Balaban J connectivity index is 0.000000147. The molecular formula is C15H23NO3S. The zero-order chi connectivity index (χ0) is 14.8. The highest BCUT2D eigenvalue weighted by atomic mass is 32.2. The summed E-state index contributed by atoms with van der Waals surface area (Å²) in [7, 11) is 0.494. The van der Waals surface area contributed by atoms with Gasteiger partial charge >= 0.3 is 0 Å². The monoisotopic (exact) mass is 297 g/mol. The Morgan fingerprint density at radius 2 is 1.55 bits per heavy atom. The van der Waals surface area contributed by atoms with Crippen LogP contribution >= 0.6 is 0 Å². The number of likely N-dealkylation sites (tertiary alicyclic amines) is 1. The molecule has 1 aliphatic carbocycles. The van der Waals surface area contributed by atoms with E-state index in [1.54, 1.807) is 6.07 Å². The SMILES string of the molecule is C[N+]1(C)CC2CCCC2C1.O=S(=O)([O-])c1ccccc1. The molecule has 0 N–H and O–H groups in total. The van der Waals surface area contributed by atoms with Crippen LogP contribution < -0.4 is 0 Å². The Hall–Kier alpha value is -0.910. The normalized spacial score (nSPS) is 27.6. The maximum Gasteiger partial charge on any atom is 0.124 e. The summed E-state index contributed by atoms with van der Waals surface area (Å²) in [5.74, 6) is 2.19. The van der Waals surface area contributed by atoms with Gasteiger partial charge in [0.2, 0.25) is 0 Å². The molecule has 5 heteroatoms. The second-order valence-electron chi connectivity index (χ2n) is 6.52. The Morgan fingerprint density at radius 1 is 1.05 bits per heavy atom. The summed E-state index contributed by atoms with van der Waals surface area (Å²) in [5.41, 5.74) is 0. The number of nitrogens with zero attached hydrogens (tertiary/aromatic N) is 1.